The van der Waals surface area contributed by atoms with Gasteiger partial charge in [-0.3, -0.25) is 14.9 Å². The number of imidazole rings is 1. The molecule has 3 aromatic rings. The number of pyridine rings is 1. The van der Waals surface area contributed by atoms with E-state index in [1.807, 2.05) is 24.4 Å². The Kier molecular flexibility index (Phi) is 8.30. The van der Waals surface area contributed by atoms with Crippen LogP contribution in [0.2, 0.25) is 0 Å². The van der Waals surface area contributed by atoms with E-state index in [0.29, 0.717) is 0 Å². The molecule has 0 aliphatic heterocycles. The molecule has 3 rings (SSSR count). The van der Waals surface area contributed by atoms with Gasteiger partial charge in [0.15, 0.2) is 0 Å². The van der Waals surface area contributed by atoms with Crippen LogP contribution in [0.15, 0.2) is 72.0 Å². The van der Waals surface area contributed by atoms with Crippen LogP contribution in [0.1, 0.15) is 43.3 Å². The van der Waals surface area contributed by atoms with Gasteiger partial charge in [-0.15, -0.1) is 0 Å². The van der Waals surface area contributed by atoms with Gasteiger partial charge in [0.25, 0.3) is 0 Å². The molecule has 162 valence electrons. The molecule has 0 aliphatic rings. The van der Waals surface area contributed by atoms with Gasteiger partial charge in [-0.2, -0.15) is 0 Å². The van der Waals surface area contributed by atoms with Crippen LogP contribution in [0.5, 0.6) is 0 Å². The number of aromatic nitrogens is 3. The van der Waals surface area contributed by atoms with E-state index in [2.05, 4.69) is 70.9 Å². The number of hydrogen-bond donors (Lipinski definition) is 0. The SMILES string of the molecule is C=C/C=C(/CCn1c(CN(CCCC)Cc2ncccc2C)nc2ccccc21)N=C. The monoisotopic (exact) mass is 415 g/mol. The van der Waals surface area contributed by atoms with Gasteiger partial charge in [0.1, 0.15) is 5.82 Å². The minimum atomic E-state index is 0.784. The summed E-state index contributed by atoms with van der Waals surface area (Å²) in [5.41, 5.74) is 5.49. The van der Waals surface area contributed by atoms with Gasteiger partial charge in [0.05, 0.1) is 23.3 Å². The number of nitrogens with zero attached hydrogens (tertiary/aromatic N) is 5. The minimum absolute atomic E-state index is 0.784. The lowest BCUT2D eigenvalue weighted by molar-refractivity contribution is 0.240. The Balaban J connectivity index is 1.89. The predicted molar refractivity (Wildman–Crippen MR) is 130 cm³/mol. The molecule has 0 spiro atoms. The van der Waals surface area contributed by atoms with Crippen LogP contribution in [-0.2, 0) is 19.6 Å². The van der Waals surface area contributed by atoms with E-state index in [9.17, 15) is 0 Å². The molecule has 2 heterocycles. The average Bonchev–Trinajstić information content (AvgIpc) is 3.13. The average molecular weight is 416 g/mol. The van der Waals surface area contributed by atoms with E-state index in [1.54, 1.807) is 6.08 Å². The van der Waals surface area contributed by atoms with E-state index in [0.717, 1.165) is 73.7 Å². The first-order valence-corrected chi connectivity index (χ1v) is 11.0. The maximum absolute atomic E-state index is 4.99. The first-order valence-electron chi connectivity index (χ1n) is 11.0. The van der Waals surface area contributed by atoms with Crippen molar-refractivity contribution in [1.82, 2.24) is 19.4 Å². The van der Waals surface area contributed by atoms with E-state index in [-0.39, 0.29) is 0 Å². The zero-order valence-corrected chi connectivity index (χ0v) is 18.8. The molecule has 0 fully saturated rings. The summed E-state index contributed by atoms with van der Waals surface area (Å²) in [6, 6.07) is 12.5. The minimum Gasteiger partial charge on any atom is -0.327 e. The molecule has 0 radical (unpaired) electrons. The van der Waals surface area contributed by atoms with E-state index >= 15 is 0 Å². The molecule has 0 bridgehead atoms. The molecule has 0 unspecified atom stereocenters. The van der Waals surface area contributed by atoms with Gasteiger partial charge in [0.2, 0.25) is 0 Å². The lowest BCUT2D eigenvalue weighted by atomic mass is 10.2. The van der Waals surface area contributed by atoms with Crippen molar-refractivity contribution >= 4 is 17.8 Å². The van der Waals surface area contributed by atoms with Crippen LogP contribution >= 0.6 is 0 Å². The Hall–Kier alpha value is -3.05. The van der Waals surface area contributed by atoms with Crippen LogP contribution < -0.4 is 0 Å². The van der Waals surface area contributed by atoms with Crippen molar-refractivity contribution in [3.05, 3.63) is 84.1 Å². The molecular formula is C26H33N5. The Morgan fingerprint density at radius 3 is 2.77 bits per heavy atom. The Morgan fingerprint density at radius 1 is 1.19 bits per heavy atom. The van der Waals surface area contributed by atoms with Gasteiger partial charge < -0.3 is 4.57 Å². The molecule has 1 aromatic carbocycles. The maximum Gasteiger partial charge on any atom is 0.124 e. The highest BCUT2D eigenvalue weighted by Crippen LogP contribution is 2.20. The fourth-order valence-corrected chi connectivity index (χ4v) is 3.76. The third-order valence-corrected chi connectivity index (χ3v) is 5.52. The number of benzene rings is 1. The summed E-state index contributed by atoms with van der Waals surface area (Å²) in [4.78, 5) is 16.2. The van der Waals surface area contributed by atoms with Crippen molar-refractivity contribution < 1.29 is 0 Å². The van der Waals surface area contributed by atoms with Gasteiger partial charge in [0, 0.05) is 31.4 Å². The standard InChI is InChI=1S/C26H33N5/c1-5-7-17-30(19-24-21(3)12-10-16-28-24)20-26-29-23-13-8-9-14-25(23)31(26)18-15-22(27-4)11-6-2/h6,8-14,16H,2,4-5,7,15,17-20H2,1,3H3/b22-11-. The number of aryl methyl sites for hydroxylation is 2. The first-order chi connectivity index (χ1) is 15.2. The van der Waals surface area contributed by atoms with Crippen LogP contribution in [0, 0.1) is 6.92 Å². The zero-order valence-electron chi connectivity index (χ0n) is 18.8. The van der Waals surface area contributed by atoms with Crippen molar-refractivity contribution in [2.45, 2.75) is 52.7 Å². The summed E-state index contributed by atoms with van der Waals surface area (Å²) in [5.74, 6) is 1.08. The highest BCUT2D eigenvalue weighted by molar-refractivity contribution is 5.75. The summed E-state index contributed by atoms with van der Waals surface area (Å²) >= 11 is 0. The van der Waals surface area contributed by atoms with Crippen molar-refractivity contribution in [3.63, 3.8) is 0 Å². The van der Waals surface area contributed by atoms with E-state index < -0.39 is 0 Å². The lowest BCUT2D eigenvalue weighted by Crippen LogP contribution is -2.26. The molecule has 2 aromatic heterocycles. The van der Waals surface area contributed by atoms with Crippen LogP contribution in [-0.4, -0.2) is 32.7 Å². The molecule has 0 amide bonds. The van der Waals surface area contributed by atoms with Crippen LogP contribution in [0.25, 0.3) is 11.0 Å². The van der Waals surface area contributed by atoms with Crippen molar-refractivity contribution in [2.75, 3.05) is 6.54 Å². The summed E-state index contributed by atoms with van der Waals surface area (Å²) in [7, 11) is 0. The molecule has 5 heteroatoms. The smallest absolute Gasteiger partial charge is 0.124 e. The number of allylic oxidation sites excluding steroid dienone is 3. The predicted octanol–water partition coefficient (Wildman–Crippen LogP) is 5.70. The second-order valence-electron chi connectivity index (χ2n) is 7.80. The van der Waals surface area contributed by atoms with Crippen molar-refractivity contribution in [2.24, 2.45) is 4.99 Å². The van der Waals surface area contributed by atoms with Gasteiger partial charge in [-0.1, -0.05) is 44.2 Å². The fraction of sp³-hybridized carbons (Fsp3) is 0.346. The summed E-state index contributed by atoms with van der Waals surface area (Å²) < 4.78 is 2.32. The fourth-order valence-electron chi connectivity index (χ4n) is 3.76. The number of unbranched alkanes of at least 4 members (excludes halogenated alkanes) is 1. The number of aliphatic imine (C=N–C) groups is 1. The number of fused-ring (bicyclic) bond motifs is 1. The molecule has 0 aliphatic carbocycles. The molecule has 0 saturated carbocycles. The van der Waals surface area contributed by atoms with Crippen molar-refractivity contribution in [1.29, 1.82) is 0 Å². The largest absolute Gasteiger partial charge is 0.327 e. The van der Waals surface area contributed by atoms with E-state index in [4.69, 9.17) is 4.98 Å². The Labute approximate surface area is 185 Å². The number of para-hydroxylation sites is 2. The maximum atomic E-state index is 4.99. The molecule has 0 N–H and O–H groups in total. The van der Waals surface area contributed by atoms with Crippen molar-refractivity contribution in [3.8, 4) is 0 Å². The third-order valence-electron chi connectivity index (χ3n) is 5.52. The van der Waals surface area contributed by atoms with E-state index in [1.165, 1.54) is 5.56 Å². The zero-order chi connectivity index (χ0) is 22.1. The third kappa shape index (κ3) is 5.98. The number of hydrogen-bond acceptors (Lipinski definition) is 4. The Morgan fingerprint density at radius 2 is 2.03 bits per heavy atom. The second-order valence-corrected chi connectivity index (χ2v) is 7.80. The molecular weight excluding hydrogens is 382 g/mol. The lowest BCUT2D eigenvalue weighted by Gasteiger charge is -2.23. The van der Waals surface area contributed by atoms with Gasteiger partial charge >= 0.3 is 0 Å². The summed E-state index contributed by atoms with van der Waals surface area (Å²) in [5, 5.41) is 0. The first kappa shape index (κ1) is 22.6. The van der Waals surface area contributed by atoms with Gasteiger partial charge in [-0.25, -0.2) is 4.98 Å². The van der Waals surface area contributed by atoms with Crippen LogP contribution in [0.3, 0.4) is 0 Å². The molecule has 31 heavy (non-hydrogen) atoms. The highest BCUT2D eigenvalue weighted by Gasteiger charge is 2.16. The molecule has 0 saturated heterocycles. The van der Waals surface area contributed by atoms with Gasteiger partial charge in [-0.05, 0) is 56.4 Å². The summed E-state index contributed by atoms with van der Waals surface area (Å²) in [6.45, 7) is 15.3. The normalized spacial score (nSPS) is 11.9. The van der Waals surface area contributed by atoms with Crippen LogP contribution in [0.4, 0.5) is 0 Å². The quantitative estimate of drug-likeness (QED) is 0.281. The summed E-state index contributed by atoms with van der Waals surface area (Å²) in [6.07, 6.45) is 8.66. The highest BCUT2D eigenvalue weighted by atomic mass is 15.2. The topological polar surface area (TPSA) is 46.3 Å². The Bertz CT molecular complexity index is 1050. The molecule has 5 nitrogen and oxygen atoms in total. The molecule has 0 atom stereocenters. The second kappa shape index (κ2) is 11.4. The number of rotatable bonds is 12.